The van der Waals surface area contributed by atoms with Crippen molar-refractivity contribution in [3.05, 3.63) is 0 Å². The summed E-state index contributed by atoms with van der Waals surface area (Å²) in [5.74, 6) is 0. The summed E-state index contributed by atoms with van der Waals surface area (Å²) in [5, 5.41) is 0. The minimum absolute atomic E-state index is 0.0425. The molecule has 0 radical (unpaired) electrons. The van der Waals surface area contributed by atoms with Crippen molar-refractivity contribution in [2.75, 3.05) is 0 Å². The zero-order valence-electron chi connectivity index (χ0n) is 11.1. The van der Waals surface area contributed by atoms with E-state index in [1.807, 2.05) is 0 Å². The van der Waals surface area contributed by atoms with Crippen molar-refractivity contribution in [1.82, 2.24) is 0 Å². The molecular formula is C12H22ClO5P. The predicted molar refractivity (Wildman–Crippen MR) is 71.5 cm³/mol. The van der Waals surface area contributed by atoms with Crippen LogP contribution >= 0.6 is 18.2 Å². The number of halogens is 1. The molecule has 0 aromatic rings. The maximum atomic E-state index is 11.8. The second-order valence-electron chi connectivity index (χ2n) is 5.29. The van der Waals surface area contributed by atoms with Gasteiger partial charge in [0.1, 0.15) is 0 Å². The van der Waals surface area contributed by atoms with Crippen molar-refractivity contribution < 1.29 is 23.7 Å². The fourth-order valence-corrected chi connectivity index (χ4v) is 3.23. The highest BCUT2D eigenvalue weighted by Gasteiger charge is 2.29. The summed E-state index contributed by atoms with van der Waals surface area (Å²) in [6.45, 7) is -3.80. The van der Waals surface area contributed by atoms with Crippen molar-refractivity contribution in [2.45, 2.75) is 76.4 Å². The molecule has 0 spiro atoms. The van der Waals surface area contributed by atoms with Crippen LogP contribution in [0.15, 0.2) is 0 Å². The quantitative estimate of drug-likeness (QED) is 0.397. The Labute approximate surface area is 119 Å². The summed E-state index contributed by atoms with van der Waals surface area (Å²) >= 11 is 5.64. The van der Waals surface area contributed by atoms with Crippen molar-refractivity contribution >= 4 is 18.2 Å². The van der Waals surface area contributed by atoms with E-state index in [0.29, 0.717) is 0 Å². The van der Waals surface area contributed by atoms with Crippen LogP contribution in [0.25, 0.3) is 0 Å². The van der Waals surface area contributed by atoms with Crippen LogP contribution in [0.3, 0.4) is 0 Å². The van der Waals surface area contributed by atoms with E-state index in [1.165, 1.54) is 12.8 Å². The normalized spacial score (nSPS) is 23.6. The SMILES string of the molecule is O=P(Cl)(OOC1CCCCC1)OOC1CCCCC1. The summed E-state index contributed by atoms with van der Waals surface area (Å²) in [4.78, 5) is 10.2. The van der Waals surface area contributed by atoms with Gasteiger partial charge in [-0.2, -0.15) is 0 Å². The van der Waals surface area contributed by atoms with Gasteiger partial charge in [0.15, 0.2) is 0 Å². The van der Waals surface area contributed by atoms with Gasteiger partial charge in [0.2, 0.25) is 0 Å². The molecule has 0 N–H and O–H groups in total. The Morgan fingerprint density at radius 2 is 1.11 bits per heavy atom. The van der Waals surface area contributed by atoms with Gasteiger partial charge in [-0.25, -0.2) is 14.3 Å². The summed E-state index contributed by atoms with van der Waals surface area (Å²) in [5.41, 5.74) is 0. The number of hydrogen-bond donors (Lipinski definition) is 0. The van der Waals surface area contributed by atoms with Crippen molar-refractivity contribution in [3.8, 4) is 0 Å². The Balaban J connectivity index is 1.64. The molecule has 0 bridgehead atoms. The first kappa shape index (κ1) is 15.7. The molecule has 5 nitrogen and oxygen atoms in total. The summed E-state index contributed by atoms with van der Waals surface area (Å²) in [6.07, 6.45) is 10.3. The van der Waals surface area contributed by atoms with E-state index in [1.54, 1.807) is 0 Å². The molecule has 0 amide bonds. The van der Waals surface area contributed by atoms with Crippen LogP contribution in [0.1, 0.15) is 64.2 Å². The van der Waals surface area contributed by atoms with Gasteiger partial charge >= 0.3 is 6.95 Å². The van der Waals surface area contributed by atoms with Crippen molar-refractivity contribution in [2.24, 2.45) is 0 Å². The third kappa shape index (κ3) is 6.11. The molecule has 0 atom stereocenters. The number of hydrogen-bond acceptors (Lipinski definition) is 5. The smallest absolute Gasteiger partial charge is 0.236 e. The Morgan fingerprint density at radius 1 is 0.737 bits per heavy atom. The van der Waals surface area contributed by atoms with E-state index >= 15 is 0 Å². The average Bonchev–Trinajstić information content (AvgIpc) is 2.46. The number of rotatable bonds is 6. The summed E-state index contributed by atoms with van der Waals surface area (Å²) in [6, 6.07) is 0. The third-order valence-electron chi connectivity index (χ3n) is 3.64. The van der Waals surface area contributed by atoms with E-state index in [0.717, 1.165) is 51.4 Å². The zero-order chi connectivity index (χ0) is 13.6. The molecule has 0 aliphatic heterocycles. The Morgan fingerprint density at radius 3 is 1.47 bits per heavy atom. The second-order valence-corrected chi connectivity index (χ2v) is 7.69. The second kappa shape index (κ2) is 7.96. The first-order valence-electron chi connectivity index (χ1n) is 7.15. The van der Waals surface area contributed by atoms with Crippen LogP contribution in [0.2, 0.25) is 0 Å². The molecule has 0 heterocycles. The lowest BCUT2D eigenvalue weighted by molar-refractivity contribution is -0.300. The van der Waals surface area contributed by atoms with Crippen LogP contribution in [0.5, 0.6) is 0 Å². The largest absolute Gasteiger partial charge is 0.478 e. The van der Waals surface area contributed by atoms with Crippen molar-refractivity contribution in [3.63, 3.8) is 0 Å². The Kier molecular flexibility index (Phi) is 6.60. The standard InChI is InChI=1S/C12H22ClO5P/c13-19(14,17-15-11-7-3-1-4-8-11)18-16-12-9-5-2-6-10-12/h11-12H,1-10H2. The molecule has 2 aliphatic carbocycles. The molecule has 7 heteroatoms. The lowest BCUT2D eigenvalue weighted by Crippen LogP contribution is -2.18. The van der Waals surface area contributed by atoms with Crippen LogP contribution in [0.4, 0.5) is 0 Å². The fraction of sp³-hybridized carbons (Fsp3) is 1.00. The van der Waals surface area contributed by atoms with E-state index in [-0.39, 0.29) is 12.2 Å². The van der Waals surface area contributed by atoms with Gasteiger partial charge < -0.3 is 0 Å². The van der Waals surface area contributed by atoms with E-state index in [2.05, 4.69) is 0 Å². The van der Waals surface area contributed by atoms with E-state index in [9.17, 15) is 4.57 Å². The zero-order valence-corrected chi connectivity index (χ0v) is 12.7. The maximum Gasteiger partial charge on any atom is 0.478 e. The molecule has 2 aliphatic rings. The monoisotopic (exact) mass is 312 g/mol. The van der Waals surface area contributed by atoms with Crippen LogP contribution in [-0.2, 0) is 23.7 Å². The predicted octanol–water partition coefficient (Wildman–Crippen LogP) is 4.90. The van der Waals surface area contributed by atoms with E-state index < -0.39 is 6.95 Å². The first-order chi connectivity index (χ1) is 9.16. The molecule has 0 aromatic carbocycles. The molecule has 2 rings (SSSR count). The molecule has 2 fully saturated rings. The van der Waals surface area contributed by atoms with Crippen LogP contribution < -0.4 is 0 Å². The van der Waals surface area contributed by atoms with Crippen molar-refractivity contribution in [1.29, 1.82) is 0 Å². The Bertz CT molecular complexity index is 276. The topological polar surface area (TPSA) is 54.0 Å². The summed E-state index contributed by atoms with van der Waals surface area (Å²) in [7, 11) is 0. The van der Waals surface area contributed by atoms with Gasteiger partial charge in [-0.1, -0.05) is 38.5 Å². The summed E-state index contributed by atoms with van der Waals surface area (Å²) < 4.78 is 21.2. The highest BCUT2D eigenvalue weighted by Crippen LogP contribution is 2.55. The van der Waals surface area contributed by atoms with Gasteiger partial charge in [0, 0.05) is 11.2 Å². The molecule has 2 saturated carbocycles. The Hall–Kier alpha value is 0.360. The van der Waals surface area contributed by atoms with Gasteiger partial charge in [0.05, 0.1) is 12.2 Å². The highest BCUT2D eigenvalue weighted by atomic mass is 35.7. The van der Waals surface area contributed by atoms with Gasteiger partial charge in [0.25, 0.3) is 0 Å². The molecule has 19 heavy (non-hydrogen) atoms. The fourth-order valence-electron chi connectivity index (χ4n) is 2.56. The molecule has 0 unspecified atom stereocenters. The first-order valence-corrected chi connectivity index (χ1v) is 9.60. The molecule has 112 valence electrons. The third-order valence-corrected chi connectivity index (χ3v) is 4.51. The highest BCUT2D eigenvalue weighted by molar-refractivity contribution is 7.81. The van der Waals surface area contributed by atoms with Gasteiger partial charge in [-0.15, -0.1) is 9.35 Å². The van der Waals surface area contributed by atoms with Gasteiger partial charge in [-0.05, 0) is 25.7 Å². The molecular weight excluding hydrogens is 291 g/mol. The van der Waals surface area contributed by atoms with Crippen LogP contribution in [0, 0.1) is 0 Å². The van der Waals surface area contributed by atoms with E-state index in [4.69, 9.17) is 30.4 Å². The minimum atomic E-state index is -3.80. The lowest BCUT2D eigenvalue weighted by Gasteiger charge is -2.23. The lowest BCUT2D eigenvalue weighted by atomic mass is 9.98. The molecule has 0 aromatic heterocycles. The maximum absolute atomic E-state index is 11.8. The minimum Gasteiger partial charge on any atom is -0.236 e. The average molecular weight is 313 g/mol. The molecule has 0 saturated heterocycles. The van der Waals surface area contributed by atoms with Gasteiger partial charge in [-0.3, -0.25) is 0 Å². The van der Waals surface area contributed by atoms with Crippen LogP contribution in [-0.4, -0.2) is 12.2 Å².